The third kappa shape index (κ3) is 8.98. The Labute approximate surface area is 335 Å². The van der Waals surface area contributed by atoms with Gasteiger partial charge < -0.3 is 24.0 Å². The molecule has 2 saturated heterocycles. The number of rotatable bonds is 13. The topological polar surface area (TPSA) is 107 Å². The number of nitriles is 1. The van der Waals surface area contributed by atoms with Crippen LogP contribution in [-0.2, 0) is 35.7 Å². The number of carbonyl (C=O) groups excluding carboxylic acids is 1. The molecule has 11 heteroatoms. The number of fused-ring (bicyclic) bond motifs is 2. The summed E-state index contributed by atoms with van der Waals surface area (Å²) in [6.07, 6.45) is 3.16. The Bertz CT molecular complexity index is 2200. The average molecular weight is 766 g/mol. The Morgan fingerprint density at radius 1 is 0.895 bits per heavy atom. The first-order valence-corrected chi connectivity index (χ1v) is 20.2. The smallest absolute Gasteiger partial charge is 0.320 e. The van der Waals surface area contributed by atoms with Crippen molar-refractivity contribution >= 4 is 28.2 Å². The summed E-state index contributed by atoms with van der Waals surface area (Å²) in [5.41, 5.74) is 5.22. The van der Waals surface area contributed by atoms with Crippen LogP contribution >= 0.6 is 0 Å². The van der Waals surface area contributed by atoms with Gasteiger partial charge in [0.1, 0.15) is 30.9 Å². The molecular weight excluding hydrogens is 715 g/mol. The second-order valence-electron chi connectivity index (χ2n) is 15.5. The number of piperazine rings is 1. The summed E-state index contributed by atoms with van der Waals surface area (Å²) in [5, 5.41) is 12.2. The monoisotopic (exact) mass is 765 g/mol. The molecule has 4 heterocycles. The van der Waals surface area contributed by atoms with Crippen molar-refractivity contribution in [3.63, 3.8) is 0 Å². The average Bonchev–Trinajstić information content (AvgIpc) is 3.68. The number of likely N-dealkylation sites (tertiary alicyclic amines) is 1. The summed E-state index contributed by atoms with van der Waals surface area (Å²) in [6.45, 7) is 7.17. The van der Waals surface area contributed by atoms with Gasteiger partial charge in [-0.1, -0.05) is 84.9 Å². The van der Waals surface area contributed by atoms with E-state index in [1.54, 1.807) is 0 Å². The fourth-order valence-electron chi connectivity index (χ4n) is 8.57. The molecule has 11 nitrogen and oxygen atoms in total. The van der Waals surface area contributed by atoms with Crippen LogP contribution in [0.2, 0.25) is 0 Å². The highest BCUT2D eigenvalue weighted by molar-refractivity contribution is 5.96. The van der Waals surface area contributed by atoms with Crippen molar-refractivity contribution in [2.45, 2.75) is 70.6 Å². The molecule has 3 aliphatic rings. The number of hydrogen-bond acceptors (Lipinski definition) is 11. The Hall–Kier alpha value is -5.70. The van der Waals surface area contributed by atoms with E-state index in [9.17, 15) is 10.1 Å². The molecule has 4 aromatic carbocycles. The molecule has 0 bridgehead atoms. The van der Waals surface area contributed by atoms with E-state index in [1.807, 2.05) is 48.5 Å². The zero-order valence-electron chi connectivity index (χ0n) is 32.9. The number of ether oxygens (including phenoxy) is 3. The van der Waals surface area contributed by atoms with Crippen LogP contribution in [0.25, 0.3) is 10.8 Å². The predicted octanol–water partition coefficient (Wildman–Crippen LogP) is 6.78. The summed E-state index contributed by atoms with van der Waals surface area (Å²) in [5.74, 6) is 1.39. The third-order valence-corrected chi connectivity index (χ3v) is 11.6. The van der Waals surface area contributed by atoms with Gasteiger partial charge in [-0.3, -0.25) is 14.6 Å². The van der Waals surface area contributed by atoms with Gasteiger partial charge in [0.05, 0.1) is 31.3 Å². The summed E-state index contributed by atoms with van der Waals surface area (Å²) in [7, 11) is 2.16. The molecule has 3 aliphatic heterocycles. The highest BCUT2D eigenvalue weighted by atomic mass is 16.5. The van der Waals surface area contributed by atoms with Gasteiger partial charge in [0, 0.05) is 61.0 Å². The maximum absolute atomic E-state index is 13.0. The van der Waals surface area contributed by atoms with Crippen LogP contribution in [0.3, 0.4) is 0 Å². The Morgan fingerprint density at radius 2 is 1.65 bits per heavy atom. The van der Waals surface area contributed by atoms with Crippen LogP contribution in [0.15, 0.2) is 97.1 Å². The lowest BCUT2D eigenvalue weighted by molar-refractivity contribution is -0.147. The van der Waals surface area contributed by atoms with Crippen molar-refractivity contribution in [3.05, 3.63) is 119 Å². The van der Waals surface area contributed by atoms with Crippen LogP contribution in [0, 0.1) is 11.3 Å². The maximum Gasteiger partial charge on any atom is 0.320 e. The third-order valence-electron chi connectivity index (χ3n) is 11.6. The molecule has 0 saturated carbocycles. The van der Waals surface area contributed by atoms with Crippen LogP contribution in [0.4, 0.5) is 11.5 Å². The Kier molecular flexibility index (Phi) is 11.8. The molecule has 3 atom stereocenters. The quantitative estimate of drug-likeness (QED) is 0.119. The fraction of sp³-hybridized carbons (Fsp3) is 0.391. The minimum absolute atomic E-state index is 0.0874. The van der Waals surface area contributed by atoms with E-state index in [4.69, 9.17) is 24.2 Å². The summed E-state index contributed by atoms with van der Waals surface area (Å²) < 4.78 is 18.6. The van der Waals surface area contributed by atoms with Crippen molar-refractivity contribution in [1.29, 1.82) is 5.26 Å². The SMILES string of the molecule is C[C@@H](Oc1nc2c(c(N3CCN(CC(=O)OCc4ccccc4)[C@@H](CC#N)C3)n1)CCN(c1cc(OCc3ccccc3)cc3ccccc13)C2)[C@H]1CCCN1C. The van der Waals surface area contributed by atoms with Gasteiger partial charge in [0.2, 0.25) is 0 Å². The second kappa shape index (κ2) is 17.6. The van der Waals surface area contributed by atoms with Gasteiger partial charge >= 0.3 is 12.0 Å². The molecule has 57 heavy (non-hydrogen) atoms. The van der Waals surface area contributed by atoms with E-state index in [2.05, 4.69) is 88.2 Å². The molecule has 0 amide bonds. The molecule has 294 valence electrons. The standard InChI is InChI=1S/C46H51N7O4/c1-33(42-18-11-22-50(42)2)57-46-48-41-29-52(43-27-38(26-36-16-9-10-17-39(36)43)55-31-34-12-5-3-6-13-34)23-20-40(41)45(49-46)53-25-24-51(37(28-53)19-21-47)30-44(54)56-32-35-14-7-4-8-15-35/h3-10,12-17,26-27,33,37,42H,11,18-20,22-25,28-32H2,1-2H3/t33-,37+,42-/m1/s1. The molecule has 0 unspecified atom stereocenters. The van der Waals surface area contributed by atoms with E-state index >= 15 is 0 Å². The molecule has 0 spiro atoms. The van der Waals surface area contributed by atoms with Gasteiger partial charge in [-0.25, -0.2) is 0 Å². The first-order valence-electron chi connectivity index (χ1n) is 20.2. The minimum atomic E-state index is -0.293. The van der Waals surface area contributed by atoms with Crippen molar-refractivity contribution in [2.75, 3.05) is 56.1 Å². The van der Waals surface area contributed by atoms with E-state index in [0.29, 0.717) is 44.8 Å². The highest BCUT2D eigenvalue weighted by Crippen LogP contribution is 2.38. The normalized spacial score (nSPS) is 19.2. The van der Waals surface area contributed by atoms with Gasteiger partial charge in [0.15, 0.2) is 0 Å². The van der Waals surface area contributed by atoms with Gasteiger partial charge in [-0.15, -0.1) is 0 Å². The second-order valence-corrected chi connectivity index (χ2v) is 15.5. The Balaban J connectivity index is 1.06. The number of hydrogen-bond donors (Lipinski definition) is 0. The zero-order valence-corrected chi connectivity index (χ0v) is 32.9. The van der Waals surface area contributed by atoms with E-state index < -0.39 is 0 Å². The van der Waals surface area contributed by atoms with Crippen molar-refractivity contribution in [1.82, 2.24) is 19.8 Å². The molecule has 0 radical (unpaired) electrons. The molecular formula is C46H51N7O4. The first kappa shape index (κ1) is 38.2. The predicted molar refractivity (Wildman–Crippen MR) is 221 cm³/mol. The van der Waals surface area contributed by atoms with Crippen LogP contribution in [0.1, 0.15) is 48.6 Å². The minimum Gasteiger partial charge on any atom is -0.489 e. The summed E-state index contributed by atoms with van der Waals surface area (Å²) >= 11 is 0. The summed E-state index contributed by atoms with van der Waals surface area (Å²) in [4.78, 5) is 32.4. The number of esters is 1. The van der Waals surface area contributed by atoms with Crippen molar-refractivity contribution in [2.24, 2.45) is 0 Å². The van der Waals surface area contributed by atoms with E-state index in [0.717, 1.165) is 82.8 Å². The number of anilines is 2. The van der Waals surface area contributed by atoms with Crippen molar-refractivity contribution in [3.8, 4) is 17.8 Å². The molecule has 8 rings (SSSR count). The highest BCUT2D eigenvalue weighted by Gasteiger charge is 2.34. The lowest BCUT2D eigenvalue weighted by atomic mass is 10.0. The van der Waals surface area contributed by atoms with Crippen LogP contribution in [0.5, 0.6) is 11.8 Å². The van der Waals surface area contributed by atoms with Crippen LogP contribution < -0.4 is 19.3 Å². The van der Waals surface area contributed by atoms with Crippen molar-refractivity contribution < 1.29 is 19.0 Å². The molecule has 1 aromatic heterocycles. The number of aromatic nitrogens is 2. The fourth-order valence-corrected chi connectivity index (χ4v) is 8.57. The lowest BCUT2D eigenvalue weighted by Gasteiger charge is -2.42. The largest absolute Gasteiger partial charge is 0.489 e. The van der Waals surface area contributed by atoms with Crippen LogP contribution in [-0.4, -0.2) is 90.2 Å². The summed E-state index contributed by atoms with van der Waals surface area (Å²) in [6, 6.07) is 35.5. The van der Waals surface area contributed by atoms with E-state index in [1.165, 1.54) is 0 Å². The number of benzene rings is 4. The van der Waals surface area contributed by atoms with Gasteiger partial charge in [-0.05, 0) is 62.4 Å². The molecule has 5 aromatic rings. The lowest BCUT2D eigenvalue weighted by Crippen LogP contribution is -2.55. The van der Waals surface area contributed by atoms with Gasteiger partial charge in [-0.2, -0.15) is 15.2 Å². The zero-order chi connectivity index (χ0) is 39.1. The maximum atomic E-state index is 13.0. The molecule has 0 aliphatic carbocycles. The number of carbonyl (C=O) groups is 1. The Morgan fingerprint density at radius 3 is 2.40 bits per heavy atom. The number of nitrogens with zero attached hydrogens (tertiary/aromatic N) is 7. The van der Waals surface area contributed by atoms with Gasteiger partial charge in [0.25, 0.3) is 0 Å². The molecule has 0 N–H and O–H groups in total. The number of likely N-dealkylation sites (N-methyl/N-ethyl adjacent to an activating group) is 1. The first-order chi connectivity index (χ1) is 27.9. The van der Waals surface area contributed by atoms with E-state index in [-0.39, 0.29) is 37.7 Å². The molecule has 2 fully saturated rings.